The molecule has 1 aromatic heterocycles. The van der Waals surface area contributed by atoms with Crippen molar-refractivity contribution in [2.24, 2.45) is 0 Å². The maximum atomic E-state index is 11.8. The molecule has 1 aromatic carbocycles. The van der Waals surface area contributed by atoms with Gasteiger partial charge < -0.3 is 10.1 Å². The molecule has 1 N–H and O–H groups in total. The van der Waals surface area contributed by atoms with Crippen molar-refractivity contribution in [1.29, 1.82) is 5.41 Å². The average Bonchev–Trinajstić information content (AvgIpc) is 3.12. The maximum absolute atomic E-state index is 11.8. The number of carbonyl (C=O) groups is 1. The summed E-state index contributed by atoms with van der Waals surface area (Å²) in [6.07, 6.45) is 9.75. The molecule has 2 aromatic rings. The zero-order valence-electron chi connectivity index (χ0n) is 17.2. The normalized spacial score (nSPS) is 16.9. The molecule has 1 heterocycles. The number of fused-ring (bicyclic) bond motifs is 1. The fourth-order valence-electron chi connectivity index (χ4n) is 3.60. The van der Waals surface area contributed by atoms with Crippen LogP contribution in [0.25, 0.3) is 0 Å². The Morgan fingerprint density at radius 1 is 1.31 bits per heavy atom. The minimum Gasteiger partial charge on any atom is -0.497 e. The minimum atomic E-state index is 0.229. The summed E-state index contributed by atoms with van der Waals surface area (Å²) in [6, 6.07) is 8.08. The summed E-state index contributed by atoms with van der Waals surface area (Å²) >= 11 is 3.31. The standard InChI is InChI=1S/C24H27NO2S2/c1-4-6-7-16(5-2)15-28-24-23-20(22(14-26)29-24)12-18(13-21(23)25)17-8-10-19(27-3)11-9-17/h4,6-11,14,18,25H,5,12-13,15H2,1-3H3/b6-4-,16-7+,25-21?. The minimum absolute atomic E-state index is 0.229. The Morgan fingerprint density at radius 2 is 2.07 bits per heavy atom. The number of carbonyl (C=O) groups excluding carboxylic acids is 1. The van der Waals surface area contributed by atoms with Crippen molar-refractivity contribution >= 4 is 35.1 Å². The first-order chi connectivity index (χ1) is 14.1. The number of thioether (sulfide) groups is 1. The van der Waals surface area contributed by atoms with Crippen LogP contribution in [0.4, 0.5) is 0 Å². The van der Waals surface area contributed by atoms with E-state index < -0.39 is 0 Å². The molecule has 0 radical (unpaired) electrons. The highest BCUT2D eigenvalue weighted by Crippen LogP contribution is 2.44. The fourth-order valence-corrected chi connectivity index (χ4v) is 6.20. The third-order valence-corrected chi connectivity index (χ3v) is 7.81. The average molecular weight is 426 g/mol. The van der Waals surface area contributed by atoms with Gasteiger partial charge in [-0.25, -0.2) is 0 Å². The van der Waals surface area contributed by atoms with E-state index in [9.17, 15) is 4.79 Å². The molecule has 1 aliphatic carbocycles. The van der Waals surface area contributed by atoms with Gasteiger partial charge in [0.05, 0.1) is 16.2 Å². The van der Waals surface area contributed by atoms with Crippen LogP contribution in [-0.2, 0) is 6.42 Å². The number of benzene rings is 1. The highest BCUT2D eigenvalue weighted by molar-refractivity contribution is 8.01. The van der Waals surface area contributed by atoms with Crippen molar-refractivity contribution in [2.45, 2.75) is 43.2 Å². The lowest BCUT2D eigenvalue weighted by molar-refractivity contribution is 0.112. The van der Waals surface area contributed by atoms with Gasteiger partial charge >= 0.3 is 0 Å². The van der Waals surface area contributed by atoms with Gasteiger partial charge in [-0.05, 0) is 55.4 Å². The number of rotatable bonds is 8. The Morgan fingerprint density at radius 3 is 2.69 bits per heavy atom. The number of methoxy groups -OCH3 is 1. The highest BCUT2D eigenvalue weighted by atomic mass is 32.2. The summed E-state index contributed by atoms with van der Waals surface area (Å²) in [5.74, 6) is 1.95. The molecule has 0 saturated carbocycles. The molecule has 0 saturated heterocycles. The van der Waals surface area contributed by atoms with E-state index in [0.29, 0.717) is 12.1 Å². The molecule has 0 fully saturated rings. The lowest BCUT2D eigenvalue weighted by Crippen LogP contribution is -2.18. The molecule has 1 atom stereocenters. The van der Waals surface area contributed by atoms with Gasteiger partial charge in [0.15, 0.2) is 6.29 Å². The van der Waals surface area contributed by atoms with Crippen molar-refractivity contribution in [1.82, 2.24) is 0 Å². The van der Waals surface area contributed by atoms with E-state index in [-0.39, 0.29) is 5.92 Å². The van der Waals surface area contributed by atoms with Gasteiger partial charge in [0.2, 0.25) is 0 Å². The van der Waals surface area contributed by atoms with Crippen molar-refractivity contribution in [3.8, 4) is 5.75 Å². The molecule has 0 amide bonds. The second kappa shape index (κ2) is 10.1. The van der Waals surface area contributed by atoms with E-state index in [1.165, 1.54) is 11.1 Å². The van der Waals surface area contributed by atoms with Gasteiger partial charge in [-0.2, -0.15) is 0 Å². The number of thiophene rings is 1. The zero-order valence-corrected chi connectivity index (χ0v) is 18.8. The Balaban J connectivity index is 1.85. The predicted molar refractivity (Wildman–Crippen MR) is 125 cm³/mol. The third kappa shape index (κ3) is 4.90. The number of aldehydes is 1. The summed E-state index contributed by atoms with van der Waals surface area (Å²) in [7, 11) is 1.66. The van der Waals surface area contributed by atoms with Crippen LogP contribution in [0.1, 0.15) is 59.0 Å². The van der Waals surface area contributed by atoms with Crippen LogP contribution in [0.5, 0.6) is 5.75 Å². The van der Waals surface area contributed by atoms with E-state index in [2.05, 4.69) is 31.2 Å². The fraction of sp³-hybridized carbons (Fsp3) is 0.333. The summed E-state index contributed by atoms with van der Waals surface area (Å²) < 4.78 is 6.37. The number of hydrogen-bond donors (Lipinski definition) is 1. The van der Waals surface area contributed by atoms with Crippen LogP contribution in [0.3, 0.4) is 0 Å². The molecule has 3 rings (SSSR count). The predicted octanol–water partition coefficient (Wildman–Crippen LogP) is 6.67. The second-order valence-corrected chi connectivity index (χ2v) is 9.37. The molecule has 5 heteroatoms. The summed E-state index contributed by atoms with van der Waals surface area (Å²) in [6.45, 7) is 4.18. The first kappa shape index (κ1) is 21.6. The lowest BCUT2D eigenvalue weighted by atomic mass is 9.80. The molecule has 1 unspecified atom stereocenters. The van der Waals surface area contributed by atoms with Crippen LogP contribution in [0, 0.1) is 5.41 Å². The highest BCUT2D eigenvalue weighted by Gasteiger charge is 2.30. The first-order valence-electron chi connectivity index (χ1n) is 9.87. The molecule has 0 bridgehead atoms. The van der Waals surface area contributed by atoms with Gasteiger partial charge in [-0.3, -0.25) is 4.79 Å². The van der Waals surface area contributed by atoms with Gasteiger partial charge in [0, 0.05) is 17.0 Å². The van der Waals surface area contributed by atoms with Crippen LogP contribution in [0.2, 0.25) is 0 Å². The van der Waals surface area contributed by atoms with E-state index in [1.807, 2.05) is 25.1 Å². The third-order valence-electron chi connectivity index (χ3n) is 5.27. The zero-order chi connectivity index (χ0) is 20.8. The van der Waals surface area contributed by atoms with Crippen LogP contribution < -0.4 is 4.74 Å². The van der Waals surface area contributed by atoms with Crippen molar-refractivity contribution < 1.29 is 9.53 Å². The van der Waals surface area contributed by atoms with Gasteiger partial charge in [-0.15, -0.1) is 23.1 Å². The molecule has 1 aliphatic rings. The Kier molecular flexibility index (Phi) is 7.51. The molecule has 0 spiro atoms. The van der Waals surface area contributed by atoms with Gasteiger partial charge in [0.25, 0.3) is 0 Å². The van der Waals surface area contributed by atoms with Crippen LogP contribution in [0.15, 0.2) is 52.3 Å². The number of hydrogen-bond acceptors (Lipinski definition) is 5. The number of nitrogens with one attached hydrogen (secondary N) is 1. The first-order valence-corrected chi connectivity index (χ1v) is 11.7. The van der Waals surface area contributed by atoms with E-state index in [1.54, 1.807) is 30.2 Å². The molecule has 152 valence electrons. The summed E-state index contributed by atoms with van der Waals surface area (Å²) in [5, 5.41) is 8.73. The quantitative estimate of drug-likeness (QED) is 0.292. The monoisotopic (exact) mass is 425 g/mol. The Hall–Kier alpha value is -2.11. The van der Waals surface area contributed by atoms with E-state index in [0.717, 1.165) is 50.8 Å². The second-order valence-electron chi connectivity index (χ2n) is 7.07. The van der Waals surface area contributed by atoms with Gasteiger partial charge in [0.1, 0.15) is 5.75 Å². The smallest absolute Gasteiger partial charge is 0.160 e. The molecule has 0 aliphatic heterocycles. The largest absolute Gasteiger partial charge is 0.497 e. The summed E-state index contributed by atoms with van der Waals surface area (Å²) in [5.41, 5.74) is 5.27. The topological polar surface area (TPSA) is 50.2 Å². The van der Waals surface area contributed by atoms with E-state index >= 15 is 0 Å². The SMILES string of the molecule is C/C=C\C=C(/CC)CSc1sc(C=O)c2c1C(=N)CC(c1ccc(OC)cc1)C2. The number of allylic oxidation sites excluding steroid dienone is 3. The Bertz CT molecular complexity index is 939. The van der Waals surface area contributed by atoms with Crippen LogP contribution in [-0.4, -0.2) is 24.9 Å². The van der Waals surface area contributed by atoms with E-state index in [4.69, 9.17) is 10.1 Å². The molecule has 29 heavy (non-hydrogen) atoms. The van der Waals surface area contributed by atoms with Crippen molar-refractivity contribution in [3.63, 3.8) is 0 Å². The molecular weight excluding hydrogens is 398 g/mol. The maximum Gasteiger partial charge on any atom is 0.160 e. The van der Waals surface area contributed by atoms with Gasteiger partial charge in [-0.1, -0.05) is 42.9 Å². The van der Waals surface area contributed by atoms with Crippen molar-refractivity contribution in [2.75, 3.05) is 12.9 Å². The Labute approximate surface area is 181 Å². The van der Waals surface area contributed by atoms with Crippen molar-refractivity contribution in [3.05, 3.63) is 69.6 Å². The number of ether oxygens (including phenoxy) is 1. The molecular formula is C24H27NO2S2. The lowest BCUT2D eigenvalue weighted by Gasteiger charge is -2.25. The molecule has 3 nitrogen and oxygen atoms in total. The summed E-state index contributed by atoms with van der Waals surface area (Å²) in [4.78, 5) is 12.5. The van der Waals surface area contributed by atoms with Crippen LogP contribution >= 0.6 is 23.1 Å².